The summed E-state index contributed by atoms with van der Waals surface area (Å²) in [5.74, 6) is 0.304. The maximum absolute atomic E-state index is 12.1. The minimum Gasteiger partial charge on any atom is -0.462 e. The molecule has 1 saturated heterocycles. The number of piperidine rings is 1. The molecule has 2 heterocycles. The number of carbonyl (C=O) groups is 2. The van der Waals surface area contributed by atoms with Crippen LogP contribution in [0.5, 0.6) is 0 Å². The van der Waals surface area contributed by atoms with Crippen LogP contribution < -0.4 is 5.32 Å². The van der Waals surface area contributed by atoms with Gasteiger partial charge in [-0.05, 0) is 43.5 Å². The van der Waals surface area contributed by atoms with Crippen LogP contribution in [0.1, 0.15) is 50.2 Å². The normalized spacial score (nSPS) is 17.8. The monoisotopic (exact) mass is 508 g/mol. The Morgan fingerprint density at radius 3 is 2.25 bits per heavy atom. The zero-order valence-electron chi connectivity index (χ0n) is 21.0. The third kappa shape index (κ3) is 7.49. The fourth-order valence-corrected chi connectivity index (χ4v) is 4.65. The second-order valence-corrected chi connectivity index (χ2v) is 11.8. The third-order valence-electron chi connectivity index (χ3n) is 5.83. The molecule has 3 aromatic rings. The Balaban J connectivity index is 0.000000454. The van der Waals surface area contributed by atoms with E-state index in [-0.39, 0.29) is 28.2 Å². The van der Waals surface area contributed by atoms with Crippen molar-refractivity contribution in [2.45, 2.75) is 49.5 Å². The molecule has 2 unspecified atom stereocenters. The number of ether oxygens (including phenoxy) is 1. The molecule has 0 spiro atoms. The lowest BCUT2D eigenvalue weighted by atomic mass is 9.77. The molecule has 4 rings (SSSR count). The molecule has 1 N–H and O–H groups in total. The number of sulfone groups is 1. The lowest BCUT2D eigenvalue weighted by Crippen LogP contribution is -2.38. The third-order valence-corrected chi connectivity index (χ3v) is 6.91. The molecule has 7 nitrogen and oxygen atoms in total. The summed E-state index contributed by atoms with van der Waals surface area (Å²) in [6, 6.07) is 19.8. The average Bonchev–Trinajstić information content (AvgIpc) is 2.84. The Hall–Kier alpha value is -3.52. The molecular formula is C28H32N2O5S. The van der Waals surface area contributed by atoms with Crippen molar-refractivity contribution in [3.63, 3.8) is 0 Å². The highest BCUT2D eigenvalue weighted by atomic mass is 32.2. The van der Waals surface area contributed by atoms with Gasteiger partial charge in [0.05, 0.1) is 4.90 Å². The highest BCUT2D eigenvalue weighted by Crippen LogP contribution is 2.38. The minimum atomic E-state index is -3.32. The van der Waals surface area contributed by atoms with Crippen molar-refractivity contribution >= 4 is 22.2 Å². The van der Waals surface area contributed by atoms with Crippen molar-refractivity contribution in [1.29, 1.82) is 0 Å². The van der Waals surface area contributed by atoms with Crippen LogP contribution in [0.4, 0.5) is 0 Å². The number of rotatable bonds is 5. The number of benzene rings is 2. The molecule has 2 aromatic carbocycles. The standard InChI is InChI=1S/C23H22N2O3S.C5H10O2/c1-29(27,28)20-11-19(13-24-14-20)17-8-5-9-18(10-17)22-15-25-23(26)12-21(22)16-6-3-2-4-7-16;1-5(2,3)7-4-6/h2-11,13-14,21-22H,12,15H2,1H3,(H,25,26);4H,1-3H3. The minimum absolute atomic E-state index is 0.0660. The van der Waals surface area contributed by atoms with E-state index in [2.05, 4.69) is 39.3 Å². The van der Waals surface area contributed by atoms with Crippen LogP contribution in [0.25, 0.3) is 11.1 Å². The number of pyridine rings is 1. The zero-order valence-corrected chi connectivity index (χ0v) is 21.8. The van der Waals surface area contributed by atoms with Crippen LogP contribution in [0, 0.1) is 0 Å². The predicted octanol–water partition coefficient (Wildman–Crippen LogP) is 4.50. The Morgan fingerprint density at radius 1 is 0.944 bits per heavy atom. The second-order valence-electron chi connectivity index (χ2n) is 9.77. The molecule has 190 valence electrons. The predicted molar refractivity (Wildman–Crippen MR) is 139 cm³/mol. The van der Waals surface area contributed by atoms with Crippen LogP contribution in [-0.4, -0.2) is 44.2 Å². The van der Waals surface area contributed by atoms with E-state index >= 15 is 0 Å². The summed E-state index contributed by atoms with van der Waals surface area (Å²) in [7, 11) is -3.32. The van der Waals surface area contributed by atoms with Gasteiger partial charge in [-0.2, -0.15) is 0 Å². The van der Waals surface area contributed by atoms with Crippen LogP contribution in [-0.2, 0) is 24.2 Å². The highest BCUT2D eigenvalue weighted by Gasteiger charge is 2.31. The number of carbonyl (C=O) groups excluding carboxylic acids is 2. The van der Waals surface area contributed by atoms with Gasteiger partial charge in [0.1, 0.15) is 5.60 Å². The second kappa shape index (κ2) is 11.5. The van der Waals surface area contributed by atoms with Crippen LogP contribution in [0.2, 0.25) is 0 Å². The molecular weight excluding hydrogens is 476 g/mol. The van der Waals surface area contributed by atoms with Crippen LogP contribution >= 0.6 is 0 Å². The number of hydrogen-bond acceptors (Lipinski definition) is 6. The fraction of sp³-hybridized carbons (Fsp3) is 0.321. The average molecular weight is 509 g/mol. The van der Waals surface area contributed by atoms with Gasteiger partial charge in [-0.15, -0.1) is 0 Å². The van der Waals surface area contributed by atoms with E-state index in [1.165, 1.54) is 12.5 Å². The number of hydrogen-bond donors (Lipinski definition) is 1. The highest BCUT2D eigenvalue weighted by molar-refractivity contribution is 7.90. The summed E-state index contributed by atoms with van der Waals surface area (Å²) in [6.07, 6.45) is 4.67. The first-order chi connectivity index (χ1) is 17.0. The Kier molecular flexibility index (Phi) is 8.63. The van der Waals surface area contributed by atoms with Gasteiger partial charge in [-0.3, -0.25) is 14.6 Å². The molecule has 0 saturated carbocycles. The van der Waals surface area contributed by atoms with Gasteiger partial charge in [0.2, 0.25) is 5.91 Å². The van der Waals surface area contributed by atoms with Gasteiger partial charge >= 0.3 is 0 Å². The maximum Gasteiger partial charge on any atom is 0.293 e. The molecule has 0 aliphatic carbocycles. The van der Waals surface area contributed by atoms with E-state index < -0.39 is 9.84 Å². The van der Waals surface area contributed by atoms with Gasteiger partial charge in [-0.1, -0.05) is 54.6 Å². The molecule has 1 aliphatic heterocycles. The van der Waals surface area contributed by atoms with Crippen molar-refractivity contribution in [1.82, 2.24) is 10.3 Å². The van der Waals surface area contributed by atoms with Crippen LogP contribution in [0.3, 0.4) is 0 Å². The number of nitrogens with zero attached hydrogens (tertiary/aromatic N) is 1. The zero-order chi connectivity index (χ0) is 26.3. The summed E-state index contributed by atoms with van der Waals surface area (Å²) >= 11 is 0. The molecule has 1 amide bonds. The summed E-state index contributed by atoms with van der Waals surface area (Å²) in [4.78, 5) is 26.0. The van der Waals surface area contributed by atoms with E-state index in [0.717, 1.165) is 22.3 Å². The largest absolute Gasteiger partial charge is 0.462 e. The van der Waals surface area contributed by atoms with E-state index in [9.17, 15) is 18.0 Å². The van der Waals surface area contributed by atoms with Crippen molar-refractivity contribution in [3.05, 3.63) is 84.2 Å². The summed E-state index contributed by atoms with van der Waals surface area (Å²) in [6.45, 7) is 6.49. The van der Waals surface area contributed by atoms with Gasteiger partial charge in [0.15, 0.2) is 9.84 Å². The Labute approximate surface area is 212 Å². The first-order valence-electron chi connectivity index (χ1n) is 11.7. The molecule has 36 heavy (non-hydrogen) atoms. The first-order valence-corrected chi connectivity index (χ1v) is 13.6. The molecule has 1 fully saturated rings. The number of aromatic nitrogens is 1. The van der Waals surface area contributed by atoms with Crippen molar-refractivity contribution in [2.75, 3.05) is 12.8 Å². The summed E-state index contributed by atoms with van der Waals surface area (Å²) in [5, 5.41) is 2.99. The van der Waals surface area contributed by atoms with Gasteiger partial charge in [-0.25, -0.2) is 8.42 Å². The van der Waals surface area contributed by atoms with Gasteiger partial charge in [0, 0.05) is 49.0 Å². The van der Waals surface area contributed by atoms with Gasteiger partial charge in [0.25, 0.3) is 6.47 Å². The van der Waals surface area contributed by atoms with Crippen molar-refractivity contribution in [3.8, 4) is 11.1 Å². The Morgan fingerprint density at radius 2 is 1.64 bits per heavy atom. The quantitative estimate of drug-likeness (QED) is 0.509. The lowest BCUT2D eigenvalue weighted by Gasteiger charge is -2.32. The number of amides is 1. The molecule has 2 atom stereocenters. The topological polar surface area (TPSA) is 102 Å². The van der Waals surface area contributed by atoms with E-state index in [0.29, 0.717) is 19.4 Å². The van der Waals surface area contributed by atoms with E-state index in [1.54, 1.807) is 12.3 Å². The van der Waals surface area contributed by atoms with Crippen molar-refractivity contribution in [2.24, 2.45) is 0 Å². The molecule has 0 bridgehead atoms. The molecule has 0 radical (unpaired) electrons. The SMILES string of the molecule is CC(C)(C)OC=O.CS(=O)(=O)c1cncc(-c2cccc(C3CNC(=O)CC3c3ccccc3)c2)c1. The maximum atomic E-state index is 12.1. The molecule has 1 aliphatic rings. The Bertz CT molecular complexity index is 1300. The molecule has 8 heteroatoms. The molecule has 1 aromatic heterocycles. The number of nitrogens with one attached hydrogen (secondary N) is 1. The van der Waals surface area contributed by atoms with E-state index in [4.69, 9.17) is 0 Å². The van der Waals surface area contributed by atoms with Crippen molar-refractivity contribution < 1.29 is 22.7 Å². The van der Waals surface area contributed by atoms with Gasteiger partial charge < -0.3 is 10.1 Å². The smallest absolute Gasteiger partial charge is 0.293 e. The first kappa shape index (κ1) is 27.1. The summed E-state index contributed by atoms with van der Waals surface area (Å²) < 4.78 is 28.3. The fourth-order valence-electron chi connectivity index (χ4n) is 4.05. The van der Waals surface area contributed by atoms with Crippen LogP contribution in [0.15, 0.2) is 78.0 Å². The summed E-state index contributed by atoms with van der Waals surface area (Å²) in [5.41, 5.74) is 3.61. The lowest BCUT2D eigenvalue weighted by molar-refractivity contribution is -0.138. The van der Waals surface area contributed by atoms with E-state index in [1.807, 2.05) is 51.1 Å².